The van der Waals surface area contributed by atoms with Gasteiger partial charge in [0.2, 0.25) is 0 Å². The number of carbonyl (C=O) groups excluding carboxylic acids is 1. The average Bonchev–Trinajstić information content (AvgIpc) is 2.61. The second-order valence-electron chi connectivity index (χ2n) is 4.55. The van der Waals surface area contributed by atoms with E-state index >= 15 is 0 Å². The number of nitrogens with zero attached hydrogens (tertiary/aromatic N) is 1. The van der Waals surface area contributed by atoms with Crippen LogP contribution in [0.2, 0.25) is 0 Å². The highest BCUT2D eigenvalue weighted by molar-refractivity contribution is 7.12. The minimum Gasteiger partial charge on any atom is -0.341 e. The van der Waals surface area contributed by atoms with Crippen molar-refractivity contribution < 1.29 is 4.79 Å². The van der Waals surface area contributed by atoms with Crippen molar-refractivity contribution in [2.45, 2.75) is 25.1 Å². The van der Waals surface area contributed by atoms with Gasteiger partial charge in [0.15, 0.2) is 0 Å². The van der Waals surface area contributed by atoms with E-state index in [4.69, 9.17) is 11.6 Å². The summed E-state index contributed by atoms with van der Waals surface area (Å²) >= 11 is 7.45. The van der Waals surface area contributed by atoms with Gasteiger partial charge in [0.05, 0.1) is 4.88 Å². The van der Waals surface area contributed by atoms with Crippen LogP contribution in [-0.2, 0) is 0 Å². The first-order chi connectivity index (χ1) is 7.58. The van der Waals surface area contributed by atoms with Gasteiger partial charge in [-0.2, -0.15) is 0 Å². The first-order valence-electron chi connectivity index (χ1n) is 5.51. The van der Waals surface area contributed by atoms with Gasteiger partial charge in [-0.1, -0.05) is 0 Å². The molecule has 4 heteroatoms. The summed E-state index contributed by atoms with van der Waals surface area (Å²) in [4.78, 5) is 14.8. The number of rotatable bonds is 3. The lowest BCUT2D eigenvalue weighted by Crippen LogP contribution is -2.37. The molecule has 1 aliphatic rings. The van der Waals surface area contributed by atoms with E-state index in [1.54, 1.807) is 0 Å². The van der Waals surface area contributed by atoms with Crippen molar-refractivity contribution in [1.82, 2.24) is 4.90 Å². The molecule has 1 heterocycles. The molecule has 1 aromatic heterocycles. The van der Waals surface area contributed by atoms with Crippen LogP contribution in [0.3, 0.4) is 0 Å². The molecule has 1 fully saturated rings. The first kappa shape index (κ1) is 11.9. The lowest BCUT2D eigenvalue weighted by molar-refractivity contribution is 0.0751. The maximum Gasteiger partial charge on any atom is 0.263 e. The van der Waals surface area contributed by atoms with Crippen LogP contribution in [0.15, 0.2) is 11.4 Å². The maximum absolute atomic E-state index is 12.1. The summed E-state index contributed by atoms with van der Waals surface area (Å²) in [6.45, 7) is 2.81. The van der Waals surface area contributed by atoms with E-state index in [2.05, 4.69) is 0 Å². The highest BCUT2D eigenvalue weighted by Gasteiger charge is 2.29. The molecule has 0 aromatic carbocycles. The number of amides is 1. The fraction of sp³-hybridized carbons (Fsp3) is 0.583. The minimum absolute atomic E-state index is 0.144. The van der Waals surface area contributed by atoms with Crippen molar-refractivity contribution in [2.75, 3.05) is 13.6 Å². The smallest absolute Gasteiger partial charge is 0.263 e. The molecule has 1 amide bonds. The number of halogens is 1. The summed E-state index contributed by atoms with van der Waals surface area (Å²) in [7, 11) is 1.88. The number of thiophene rings is 1. The minimum atomic E-state index is 0.144. The van der Waals surface area contributed by atoms with Gasteiger partial charge in [-0.25, -0.2) is 0 Å². The molecular formula is C12H16ClNOS. The second-order valence-corrected chi connectivity index (χ2v) is 6.09. The largest absolute Gasteiger partial charge is 0.341 e. The van der Waals surface area contributed by atoms with E-state index in [0.717, 1.165) is 29.8 Å². The Kier molecular flexibility index (Phi) is 3.55. The monoisotopic (exact) mass is 257 g/mol. The summed E-state index contributed by atoms with van der Waals surface area (Å²) in [5.74, 6) is 0.738. The van der Waals surface area contributed by atoms with Crippen LogP contribution in [-0.4, -0.2) is 29.8 Å². The molecule has 0 atom stereocenters. The van der Waals surface area contributed by atoms with Gasteiger partial charge >= 0.3 is 0 Å². The molecule has 1 saturated carbocycles. The third-order valence-corrected chi connectivity index (χ3v) is 4.47. The Balaban J connectivity index is 1.92. The SMILES string of the molecule is Cc1ccsc1C(=O)N(C)CC1CC(Cl)C1. The summed E-state index contributed by atoms with van der Waals surface area (Å²) in [6.07, 6.45) is 2.09. The van der Waals surface area contributed by atoms with Crippen molar-refractivity contribution in [3.63, 3.8) is 0 Å². The van der Waals surface area contributed by atoms with Crippen LogP contribution in [0.4, 0.5) is 0 Å². The predicted molar refractivity (Wildman–Crippen MR) is 68.4 cm³/mol. The fourth-order valence-corrected chi connectivity index (χ4v) is 3.46. The maximum atomic E-state index is 12.1. The topological polar surface area (TPSA) is 20.3 Å². The van der Waals surface area contributed by atoms with Gasteiger partial charge < -0.3 is 4.90 Å². The van der Waals surface area contributed by atoms with E-state index in [0.29, 0.717) is 11.3 Å². The Hall–Kier alpha value is -0.540. The summed E-state index contributed by atoms with van der Waals surface area (Å²) in [5.41, 5.74) is 1.07. The number of hydrogen-bond donors (Lipinski definition) is 0. The zero-order chi connectivity index (χ0) is 11.7. The molecule has 0 N–H and O–H groups in total. The van der Waals surface area contributed by atoms with E-state index < -0.39 is 0 Å². The summed E-state index contributed by atoms with van der Waals surface area (Å²) < 4.78 is 0. The predicted octanol–water partition coefficient (Wildman–Crippen LogP) is 3.15. The number of alkyl halides is 1. The van der Waals surface area contributed by atoms with Crippen LogP contribution in [0.5, 0.6) is 0 Å². The third kappa shape index (κ3) is 2.41. The number of hydrogen-bond acceptors (Lipinski definition) is 2. The molecule has 1 aliphatic carbocycles. The van der Waals surface area contributed by atoms with Gasteiger partial charge in [-0.3, -0.25) is 4.79 Å². The second kappa shape index (κ2) is 4.76. The first-order valence-corrected chi connectivity index (χ1v) is 6.83. The lowest BCUT2D eigenvalue weighted by Gasteiger charge is -2.34. The van der Waals surface area contributed by atoms with Gasteiger partial charge in [0.25, 0.3) is 5.91 Å². The zero-order valence-electron chi connectivity index (χ0n) is 9.57. The molecule has 0 saturated heterocycles. The Bertz CT molecular complexity index is 384. The van der Waals surface area contributed by atoms with Crippen molar-refractivity contribution in [2.24, 2.45) is 5.92 Å². The highest BCUT2D eigenvalue weighted by atomic mass is 35.5. The average molecular weight is 258 g/mol. The van der Waals surface area contributed by atoms with E-state index in [1.165, 1.54) is 11.3 Å². The number of aryl methyl sites for hydroxylation is 1. The van der Waals surface area contributed by atoms with Crippen molar-refractivity contribution in [1.29, 1.82) is 0 Å². The van der Waals surface area contributed by atoms with Crippen molar-refractivity contribution in [3.05, 3.63) is 21.9 Å². The highest BCUT2D eigenvalue weighted by Crippen LogP contribution is 2.32. The van der Waals surface area contributed by atoms with Crippen LogP contribution >= 0.6 is 22.9 Å². The molecule has 0 aliphatic heterocycles. The lowest BCUT2D eigenvalue weighted by atomic mass is 9.84. The van der Waals surface area contributed by atoms with Crippen LogP contribution in [0, 0.1) is 12.8 Å². The zero-order valence-corrected chi connectivity index (χ0v) is 11.1. The molecule has 1 aromatic rings. The molecule has 2 rings (SSSR count). The van der Waals surface area contributed by atoms with Crippen LogP contribution in [0.25, 0.3) is 0 Å². The van der Waals surface area contributed by atoms with E-state index in [-0.39, 0.29) is 5.91 Å². The van der Waals surface area contributed by atoms with Crippen LogP contribution < -0.4 is 0 Å². The summed E-state index contributed by atoms with van der Waals surface area (Å²) in [6, 6.07) is 1.99. The molecule has 0 spiro atoms. The Morgan fingerprint density at radius 1 is 1.62 bits per heavy atom. The normalized spacial score (nSPS) is 23.9. The Labute approximate surface area is 105 Å². The quantitative estimate of drug-likeness (QED) is 0.762. The summed E-state index contributed by atoms with van der Waals surface area (Å²) in [5, 5.41) is 2.30. The third-order valence-electron chi connectivity index (χ3n) is 3.11. The molecule has 88 valence electrons. The standard InChI is InChI=1S/C12H16ClNOS/c1-8-3-4-16-11(8)12(15)14(2)7-9-5-10(13)6-9/h3-4,9-10H,5-7H2,1-2H3. The molecule has 2 nitrogen and oxygen atoms in total. The van der Waals surface area contributed by atoms with Gasteiger partial charge in [-0.05, 0) is 42.7 Å². The van der Waals surface area contributed by atoms with Crippen molar-refractivity contribution in [3.8, 4) is 0 Å². The fourth-order valence-electron chi connectivity index (χ4n) is 2.04. The molecule has 0 unspecified atom stereocenters. The molecular weight excluding hydrogens is 242 g/mol. The Morgan fingerprint density at radius 3 is 2.81 bits per heavy atom. The van der Waals surface area contributed by atoms with Crippen molar-refractivity contribution >= 4 is 28.8 Å². The van der Waals surface area contributed by atoms with Crippen LogP contribution in [0.1, 0.15) is 28.1 Å². The van der Waals surface area contributed by atoms with E-state index in [1.807, 2.05) is 30.3 Å². The Morgan fingerprint density at radius 2 is 2.31 bits per heavy atom. The molecule has 0 bridgehead atoms. The van der Waals surface area contributed by atoms with Gasteiger partial charge in [0.1, 0.15) is 0 Å². The number of carbonyl (C=O) groups is 1. The van der Waals surface area contributed by atoms with E-state index in [9.17, 15) is 4.79 Å². The molecule has 0 radical (unpaired) electrons. The molecule has 16 heavy (non-hydrogen) atoms. The van der Waals surface area contributed by atoms with Gasteiger partial charge in [-0.15, -0.1) is 22.9 Å². The van der Waals surface area contributed by atoms with Gasteiger partial charge in [0, 0.05) is 19.0 Å².